The van der Waals surface area contributed by atoms with Gasteiger partial charge in [0.2, 0.25) is 0 Å². The number of hydrogen-bond donors (Lipinski definition) is 0. The molecule has 230 valence electrons. The Bertz CT molecular complexity index is 1730. The van der Waals surface area contributed by atoms with E-state index in [9.17, 15) is 13.2 Å². The van der Waals surface area contributed by atoms with Crippen LogP contribution in [0, 0.1) is 0 Å². The molecule has 0 bridgehead atoms. The van der Waals surface area contributed by atoms with Gasteiger partial charge in [-0.05, 0) is 59.9 Å². The minimum atomic E-state index is -3.39. The van der Waals surface area contributed by atoms with Crippen molar-refractivity contribution in [2.75, 3.05) is 12.9 Å². The van der Waals surface area contributed by atoms with E-state index in [0.717, 1.165) is 17.3 Å². The SMILES string of the molecule is CCOc1c(OCc2ccc(S(C)(=O)=O)cc2Cl)cccc1C(=O)c1cn([Si](C(C)C)(C(C)C)C(C)C)c2ncccc12. The molecule has 0 N–H and O–H groups in total. The summed E-state index contributed by atoms with van der Waals surface area (Å²) >= 11 is 6.39. The quantitative estimate of drug-likeness (QED) is 0.114. The lowest BCUT2D eigenvalue weighted by Crippen LogP contribution is -2.51. The first kappa shape index (κ1) is 32.8. The zero-order chi connectivity index (χ0) is 31.7. The first-order chi connectivity index (χ1) is 20.2. The second-order valence-corrected chi connectivity index (χ2v) is 20.0. The Balaban J connectivity index is 1.79. The van der Waals surface area contributed by atoms with Gasteiger partial charge in [0.15, 0.2) is 35.4 Å². The minimum Gasteiger partial charge on any atom is -0.489 e. The van der Waals surface area contributed by atoms with Gasteiger partial charge in [0.25, 0.3) is 0 Å². The van der Waals surface area contributed by atoms with E-state index in [1.54, 1.807) is 30.5 Å². The molecule has 4 aromatic rings. The third-order valence-electron chi connectivity index (χ3n) is 8.35. The van der Waals surface area contributed by atoms with Gasteiger partial charge in [-0.2, -0.15) is 0 Å². The first-order valence-corrected chi connectivity index (χ1v) is 19.1. The van der Waals surface area contributed by atoms with Gasteiger partial charge in [0, 0.05) is 40.2 Å². The van der Waals surface area contributed by atoms with Crippen LogP contribution < -0.4 is 9.47 Å². The summed E-state index contributed by atoms with van der Waals surface area (Å²) in [5, 5.41) is 1.10. The van der Waals surface area contributed by atoms with Crippen LogP contribution in [-0.4, -0.2) is 44.5 Å². The Labute approximate surface area is 261 Å². The molecule has 2 aromatic heterocycles. The van der Waals surface area contributed by atoms with Crippen LogP contribution in [0.25, 0.3) is 11.0 Å². The predicted molar refractivity (Wildman–Crippen MR) is 176 cm³/mol. The van der Waals surface area contributed by atoms with Crippen LogP contribution in [-0.2, 0) is 16.4 Å². The topological polar surface area (TPSA) is 87.5 Å². The van der Waals surface area contributed by atoms with Crippen molar-refractivity contribution in [3.63, 3.8) is 0 Å². The largest absolute Gasteiger partial charge is 0.489 e. The van der Waals surface area contributed by atoms with Gasteiger partial charge in [0.05, 0.1) is 17.1 Å². The second-order valence-electron chi connectivity index (χ2n) is 11.8. The van der Waals surface area contributed by atoms with Gasteiger partial charge in [-0.15, -0.1) is 0 Å². The van der Waals surface area contributed by atoms with Crippen molar-refractivity contribution >= 4 is 46.5 Å². The summed E-state index contributed by atoms with van der Waals surface area (Å²) in [5.41, 5.74) is 3.68. The summed E-state index contributed by atoms with van der Waals surface area (Å²) in [5.74, 6) is 0.581. The zero-order valence-electron chi connectivity index (χ0n) is 26.1. The number of carbonyl (C=O) groups excluding carboxylic acids is 1. The molecule has 0 fully saturated rings. The Morgan fingerprint density at radius 3 is 2.21 bits per heavy atom. The number of aromatic nitrogens is 2. The minimum absolute atomic E-state index is 0.0646. The molecular formula is C33H41ClN2O5SSi. The van der Waals surface area contributed by atoms with Gasteiger partial charge in [-0.1, -0.05) is 65.3 Å². The van der Waals surface area contributed by atoms with Gasteiger partial charge in [0.1, 0.15) is 12.3 Å². The lowest BCUT2D eigenvalue weighted by molar-refractivity contribution is 0.103. The fourth-order valence-corrected chi connectivity index (χ4v) is 14.2. The molecule has 10 heteroatoms. The van der Waals surface area contributed by atoms with E-state index >= 15 is 0 Å². The summed E-state index contributed by atoms with van der Waals surface area (Å²) in [6, 6.07) is 13.7. The van der Waals surface area contributed by atoms with Gasteiger partial charge in [-0.3, -0.25) is 4.79 Å². The Morgan fingerprint density at radius 2 is 1.63 bits per heavy atom. The van der Waals surface area contributed by atoms with E-state index in [-0.39, 0.29) is 22.3 Å². The molecule has 4 rings (SSSR count). The lowest BCUT2D eigenvalue weighted by atomic mass is 10.0. The molecule has 0 aliphatic rings. The molecule has 0 unspecified atom stereocenters. The van der Waals surface area contributed by atoms with Crippen LogP contribution in [0.5, 0.6) is 11.5 Å². The van der Waals surface area contributed by atoms with E-state index < -0.39 is 18.1 Å². The van der Waals surface area contributed by atoms with E-state index in [0.29, 0.717) is 51.4 Å². The lowest BCUT2D eigenvalue weighted by Gasteiger charge is -2.44. The van der Waals surface area contributed by atoms with Crippen molar-refractivity contribution < 1.29 is 22.7 Å². The monoisotopic (exact) mass is 640 g/mol. The number of sulfone groups is 1. The average Bonchev–Trinajstić information content (AvgIpc) is 3.31. The molecule has 0 aliphatic carbocycles. The summed E-state index contributed by atoms with van der Waals surface area (Å²) < 4.78 is 38.3. The highest BCUT2D eigenvalue weighted by Gasteiger charge is 2.46. The first-order valence-electron chi connectivity index (χ1n) is 14.6. The van der Waals surface area contributed by atoms with Gasteiger partial charge < -0.3 is 13.7 Å². The molecule has 0 amide bonds. The van der Waals surface area contributed by atoms with Crippen molar-refractivity contribution in [2.24, 2.45) is 0 Å². The zero-order valence-corrected chi connectivity index (χ0v) is 28.7. The molecule has 2 heterocycles. The van der Waals surface area contributed by atoms with Crippen LogP contribution in [0.1, 0.15) is 70.0 Å². The number of rotatable bonds is 12. The molecule has 0 saturated carbocycles. The highest BCUT2D eigenvalue weighted by Crippen LogP contribution is 2.45. The van der Waals surface area contributed by atoms with Crippen LogP contribution in [0.2, 0.25) is 21.6 Å². The molecule has 0 saturated heterocycles. The summed E-state index contributed by atoms with van der Waals surface area (Å²) in [4.78, 5) is 19.3. The Kier molecular flexibility index (Phi) is 9.78. The standard InChI is InChI=1S/C33H41ClN2O5SSi/c1-9-40-32-27(12-10-14-30(32)41-20-24-15-16-25(18-29(24)34)42(8,38)39)31(37)28-19-36(33-26(28)13-11-17-35-33)43(21(2)3,22(4)5)23(6)7/h10-19,21-23H,9,20H2,1-8H3. The number of fused-ring (bicyclic) bond motifs is 1. The van der Waals surface area contributed by atoms with Crippen molar-refractivity contribution in [2.45, 2.75) is 76.6 Å². The van der Waals surface area contributed by atoms with Crippen molar-refractivity contribution in [1.29, 1.82) is 0 Å². The summed E-state index contributed by atoms with van der Waals surface area (Å²) in [6.45, 7) is 16.0. The van der Waals surface area contributed by atoms with Gasteiger partial charge >= 0.3 is 0 Å². The van der Waals surface area contributed by atoms with Crippen LogP contribution >= 0.6 is 11.6 Å². The Hall–Kier alpha value is -3.14. The molecule has 2 aromatic carbocycles. The van der Waals surface area contributed by atoms with Gasteiger partial charge in [-0.25, -0.2) is 13.4 Å². The Morgan fingerprint density at radius 1 is 0.953 bits per heavy atom. The third-order valence-corrected chi connectivity index (χ3v) is 16.5. The van der Waals surface area contributed by atoms with E-state index in [2.05, 4.69) is 45.8 Å². The number of para-hydroxylation sites is 1. The number of carbonyl (C=O) groups is 1. The fourth-order valence-electron chi connectivity index (χ4n) is 6.65. The van der Waals surface area contributed by atoms with Crippen molar-refractivity contribution in [3.8, 4) is 11.5 Å². The molecule has 7 nitrogen and oxygen atoms in total. The maximum atomic E-state index is 14.4. The highest BCUT2D eigenvalue weighted by atomic mass is 35.5. The summed E-state index contributed by atoms with van der Waals surface area (Å²) in [7, 11) is -5.60. The molecule has 0 spiro atoms. The number of ether oxygens (including phenoxy) is 2. The highest BCUT2D eigenvalue weighted by molar-refractivity contribution is 7.90. The molecule has 0 aliphatic heterocycles. The number of halogens is 1. The predicted octanol–water partition coefficient (Wildman–Crippen LogP) is 8.33. The molecule has 0 atom stereocenters. The van der Waals surface area contributed by atoms with E-state index in [1.165, 1.54) is 12.1 Å². The van der Waals surface area contributed by atoms with E-state index in [4.69, 9.17) is 26.1 Å². The van der Waals surface area contributed by atoms with Crippen molar-refractivity contribution in [1.82, 2.24) is 9.22 Å². The number of nitrogens with zero attached hydrogens (tertiary/aromatic N) is 2. The second kappa shape index (κ2) is 12.8. The number of hydrogen-bond acceptors (Lipinski definition) is 6. The molecule has 43 heavy (non-hydrogen) atoms. The maximum absolute atomic E-state index is 14.4. The third kappa shape index (κ3) is 6.12. The number of pyridine rings is 1. The molecule has 0 radical (unpaired) electrons. The van der Waals surface area contributed by atoms with E-state index in [1.807, 2.05) is 25.3 Å². The van der Waals surface area contributed by atoms with Crippen LogP contribution in [0.15, 0.2) is 65.8 Å². The summed E-state index contributed by atoms with van der Waals surface area (Å²) in [6.07, 6.45) is 4.95. The normalized spacial score (nSPS) is 12.5. The smallest absolute Gasteiger partial charge is 0.199 e. The van der Waals surface area contributed by atoms with Crippen molar-refractivity contribution in [3.05, 3.63) is 82.6 Å². The van der Waals surface area contributed by atoms with Crippen LogP contribution in [0.3, 0.4) is 0 Å². The number of benzene rings is 2. The maximum Gasteiger partial charge on any atom is 0.199 e. The molecular weight excluding hydrogens is 600 g/mol. The number of ketones is 1. The average molecular weight is 641 g/mol. The fraction of sp³-hybridized carbons (Fsp3) is 0.394. The van der Waals surface area contributed by atoms with Crippen LogP contribution in [0.4, 0.5) is 0 Å².